The zero-order chi connectivity index (χ0) is 14.8. The summed E-state index contributed by atoms with van der Waals surface area (Å²) in [5.41, 5.74) is 4.96. The van der Waals surface area contributed by atoms with Crippen LogP contribution in [0, 0.1) is 0 Å². The summed E-state index contributed by atoms with van der Waals surface area (Å²) < 4.78 is 16.3. The Kier molecular flexibility index (Phi) is 8.73. The van der Waals surface area contributed by atoms with Crippen LogP contribution in [0.2, 0.25) is 0 Å². The maximum Gasteiger partial charge on any atom is 0.351 e. The van der Waals surface area contributed by atoms with Gasteiger partial charge in [-0.15, -0.1) is 0 Å². The molecule has 2 heterocycles. The van der Waals surface area contributed by atoms with Crippen molar-refractivity contribution >= 4 is 5.82 Å². The number of halogens is 1. The molecule has 0 aliphatic carbocycles. The molecule has 0 bridgehead atoms. The van der Waals surface area contributed by atoms with Crippen LogP contribution in [0.3, 0.4) is 0 Å². The molecule has 0 amide bonds. The number of aliphatic hydroxyl groups is 1. The lowest BCUT2D eigenvalue weighted by molar-refractivity contribution is -0.0245. The van der Waals surface area contributed by atoms with E-state index in [4.69, 9.17) is 15.6 Å². The number of rotatable bonds is 2. The normalized spacial score (nSPS) is 20.9. The first-order valence-electron chi connectivity index (χ1n) is 6.19. The third kappa shape index (κ3) is 4.96. The Labute approximate surface area is 112 Å². The summed E-state index contributed by atoms with van der Waals surface area (Å²) in [6.45, 7) is 3.98. The molecular weight excluding hydrogens is 253 g/mol. The summed E-state index contributed by atoms with van der Waals surface area (Å²) in [4.78, 5) is 15.1. The third-order valence-corrected chi connectivity index (χ3v) is 2.45. The predicted octanol–water partition coefficient (Wildman–Crippen LogP) is 1.11. The minimum absolute atomic E-state index is 0.0202. The molecule has 2 rings (SSSR count). The lowest BCUT2D eigenvalue weighted by Crippen LogP contribution is -2.27. The first-order valence-corrected chi connectivity index (χ1v) is 6.19. The van der Waals surface area contributed by atoms with E-state index >= 15 is 0 Å². The van der Waals surface area contributed by atoms with Crippen LogP contribution >= 0.6 is 0 Å². The SMILES string of the molecule is CC.CF.Nc1ccn(C2CC[C@@H](CO)O2)c(=O)n1. The van der Waals surface area contributed by atoms with E-state index in [1.54, 1.807) is 12.3 Å². The van der Waals surface area contributed by atoms with Crippen LogP contribution < -0.4 is 11.4 Å². The van der Waals surface area contributed by atoms with Crippen molar-refractivity contribution in [3.63, 3.8) is 0 Å². The Morgan fingerprint density at radius 1 is 1.53 bits per heavy atom. The molecule has 2 atom stereocenters. The Hall–Kier alpha value is -1.47. The van der Waals surface area contributed by atoms with E-state index in [0.29, 0.717) is 13.6 Å². The quantitative estimate of drug-likeness (QED) is 0.843. The number of nitrogens with two attached hydrogens (primary N) is 1. The van der Waals surface area contributed by atoms with E-state index < -0.39 is 5.69 Å². The number of aliphatic hydroxyl groups excluding tert-OH is 1. The molecule has 110 valence electrons. The number of hydrogen-bond donors (Lipinski definition) is 2. The van der Waals surface area contributed by atoms with Crippen molar-refractivity contribution in [1.82, 2.24) is 9.55 Å². The largest absolute Gasteiger partial charge is 0.394 e. The van der Waals surface area contributed by atoms with Gasteiger partial charge >= 0.3 is 5.69 Å². The number of alkyl halides is 1. The Bertz CT molecular complexity index is 411. The van der Waals surface area contributed by atoms with Crippen LogP contribution in [-0.2, 0) is 4.74 Å². The van der Waals surface area contributed by atoms with Crippen LogP contribution in [0.4, 0.5) is 10.2 Å². The van der Waals surface area contributed by atoms with Crippen LogP contribution in [0.1, 0.15) is 32.9 Å². The average molecular weight is 275 g/mol. The van der Waals surface area contributed by atoms with E-state index in [9.17, 15) is 9.18 Å². The fraction of sp³-hybridized carbons (Fsp3) is 0.667. The molecule has 1 aliphatic heterocycles. The highest BCUT2D eigenvalue weighted by Crippen LogP contribution is 2.26. The van der Waals surface area contributed by atoms with Gasteiger partial charge in [0.2, 0.25) is 0 Å². The van der Waals surface area contributed by atoms with Gasteiger partial charge in [0.05, 0.1) is 19.9 Å². The van der Waals surface area contributed by atoms with Crippen LogP contribution in [-0.4, -0.2) is 34.5 Å². The highest BCUT2D eigenvalue weighted by molar-refractivity contribution is 5.23. The predicted molar refractivity (Wildman–Crippen MR) is 71.5 cm³/mol. The standard InChI is InChI=1S/C9H13N3O3.C2H6.CH3F/c10-7-3-4-12(9(14)11-7)8-2-1-6(5-13)15-8;2*1-2/h3-4,6,8,13H,1-2,5H2,(H2,10,11,14);1-2H3;1H3/t6-,8?;;/m0../s1. The van der Waals surface area contributed by atoms with Crippen molar-refractivity contribution in [2.45, 2.75) is 39.0 Å². The molecule has 19 heavy (non-hydrogen) atoms. The number of aromatic nitrogens is 2. The number of nitrogen functional groups attached to an aromatic ring is 1. The molecule has 0 spiro atoms. The van der Waals surface area contributed by atoms with Crippen LogP contribution in [0.25, 0.3) is 0 Å². The maximum absolute atomic E-state index is 11.5. The van der Waals surface area contributed by atoms with Gasteiger partial charge in [-0.25, -0.2) is 4.79 Å². The van der Waals surface area contributed by atoms with Crippen molar-refractivity contribution in [2.75, 3.05) is 19.5 Å². The van der Waals surface area contributed by atoms with Crippen molar-refractivity contribution in [1.29, 1.82) is 0 Å². The number of hydrogen-bond acceptors (Lipinski definition) is 5. The maximum atomic E-state index is 11.5. The Morgan fingerprint density at radius 2 is 2.16 bits per heavy atom. The minimum atomic E-state index is -0.418. The van der Waals surface area contributed by atoms with Crippen molar-refractivity contribution in [2.24, 2.45) is 0 Å². The molecule has 0 saturated carbocycles. The number of anilines is 1. The number of ether oxygens (including phenoxy) is 1. The Balaban J connectivity index is 0.000000741. The van der Waals surface area contributed by atoms with E-state index in [1.165, 1.54) is 4.57 Å². The van der Waals surface area contributed by atoms with Gasteiger partial charge in [0.25, 0.3) is 0 Å². The van der Waals surface area contributed by atoms with Crippen LogP contribution in [0.15, 0.2) is 17.1 Å². The first kappa shape index (κ1) is 17.5. The smallest absolute Gasteiger partial charge is 0.351 e. The highest BCUT2D eigenvalue weighted by atomic mass is 19.1. The molecule has 3 N–H and O–H groups in total. The lowest BCUT2D eigenvalue weighted by Gasteiger charge is -2.14. The summed E-state index contributed by atoms with van der Waals surface area (Å²) in [5.74, 6) is 0.202. The van der Waals surface area contributed by atoms with Crippen molar-refractivity contribution in [3.8, 4) is 0 Å². The summed E-state index contributed by atoms with van der Waals surface area (Å²) in [7, 11) is 0.500. The summed E-state index contributed by atoms with van der Waals surface area (Å²) in [6, 6.07) is 1.55. The molecule has 7 heteroatoms. The zero-order valence-corrected chi connectivity index (χ0v) is 11.5. The van der Waals surface area contributed by atoms with Gasteiger partial charge in [0.15, 0.2) is 0 Å². The van der Waals surface area contributed by atoms with E-state index in [2.05, 4.69) is 4.98 Å². The van der Waals surface area contributed by atoms with Gasteiger partial charge in [-0.05, 0) is 18.9 Å². The summed E-state index contributed by atoms with van der Waals surface area (Å²) >= 11 is 0. The molecule has 1 aliphatic rings. The summed E-state index contributed by atoms with van der Waals surface area (Å²) in [6.07, 6.45) is 2.51. The number of nitrogens with zero attached hydrogens (tertiary/aromatic N) is 2. The molecule has 0 aromatic carbocycles. The second-order valence-electron chi connectivity index (χ2n) is 3.51. The molecule has 1 saturated heterocycles. The van der Waals surface area contributed by atoms with Gasteiger partial charge in [-0.2, -0.15) is 4.98 Å². The average Bonchev–Trinajstić information content (AvgIpc) is 2.92. The van der Waals surface area contributed by atoms with Gasteiger partial charge in [-0.1, -0.05) is 13.8 Å². The van der Waals surface area contributed by atoms with E-state index in [1.807, 2.05) is 13.8 Å². The topological polar surface area (TPSA) is 90.4 Å². The van der Waals surface area contributed by atoms with Crippen molar-refractivity contribution < 1.29 is 14.2 Å². The molecule has 6 nitrogen and oxygen atoms in total. The lowest BCUT2D eigenvalue weighted by atomic mass is 10.2. The molecule has 1 aromatic rings. The van der Waals surface area contributed by atoms with E-state index in [-0.39, 0.29) is 24.8 Å². The van der Waals surface area contributed by atoms with Gasteiger partial charge < -0.3 is 15.6 Å². The Morgan fingerprint density at radius 3 is 2.63 bits per heavy atom. The van der Waals surface area contributed by atoms with E-state index in [0.717, 1.165) is 6.42 Å². The molecule has 1 unspecified atom stereocenters. The minimum Gasteiger partial charge on any atom is -0.394 e. The monoisotopic (exact) mass is 275 g/mol. The van der Waals surface area contributed by atoms with Crippen LogP contribution in [0.5, 0.6) is 0 Å². The second kappa shape index (κ2) is 9.46. The van der Waals surface area contributed by atoms with Gasteiger partial charge in [0, 0.05) is 6.20 Å². The molecular formula is C12H22FN3O3. The fourth-order valence-electron chi connectivity index (χ4n) is 1.67. The first-order chi connectivity index (χ1) is 9.20. The molecule has 1 aromatic heterocycles. The van der Waals surface area contributed by atoms with Gasteiger partial charge in [0.1, 0.15) is 12.0 Å². The fourth-order valence-corrected chi connectivity index (χ4v) is 1.67. The van der Waals surface area contributed by atoms with Crippen molar-refractivity contribution in [3.05, 3.63) is 22.7 Å². The molecule has 0 radical (unpaired) electrons. The van der Waals surface area contributed by atoms with Gasteiger partial charge in [-0.3, -0.25) is 8.96 Å². The second-order valence-corrected chi connectivity index (χ2v) is 3.51. The highest BCUT2D eigenvalue weighted by Gasteiger charge is 2.26. The third-order valence-electron chi connectivity index (χ3n) is 2.45. The molecule has 1 fully saturated rings. The summed E-state index contributed by atoms with van der Waals surface area (Å²) in [5, 5.41) is 8.90. The zero-order valence-electron chi connectivity index (χ0n) is 11.5.